The van der Waals surface area contributed by atoms with Crippen LogP contribution in [0.25, 0.3) is 0 Å². The minimum Gasteiger partial charge on any atom is -0.248 e. The molecule has 2 aromatic rings. The lowest BCUT2D eigenvalue weighted by Gasteiger charge is -2.16. The molecule has 0 aliphatic heterocycles. The van der Waals surface area contributed by atoms with Gasteiger partial charge >= 0.3 is 0 Å². The molecule has 1 aromatic carbocycles. The van der Waals surface area contributed by atoms with Crippen molar-refractivity contribution in [2.24, 2.45) is 0 Å². The second kappa shape index (κ2) is 5.03. The van der Waals surface area contributed by atoms with Crippen molar-refractivity contribution in [3.8, 4) is 0 Å². The molecule has 4 nitrogen and oxygen atoms in total. The molecule has 0 bridgehead atoms. The lowest BCUT2D eigenvalue weighted by Crippen LogP contribution is -2.27. The van der Waals surface area contributed by atoms with Gasteiger partial charge in [-0.1, -0.05) is 12.1 Å². The van der Waals surface area contributed by atoms with Crippen LogP contribution in [0.5, 0.6) is 0 Å². The third-order valence-corrected chi connectivity index (χ3v) is 5.04. The Balaban J connectivity index is 2.19. The maximum absolute atomic E-state index is 12.7. The van der Waals surface area contributed by atoms with Gasteiger partial charge in [-0.05, 0) is 17.7 Å². The van der Waals surface area contributed by atoms with E-state index in [-0.39, 0.29) is 11.6 Å². The quantitative estimate of drug-likeness (QED) is 0.866. The van der Waals surface area contributed by atoms with Crippen molar-refractivity contribution in [1.82, 2.24) is 4.98 Å². The Bertz CT molecular complexity index is 609. The second-order valence-electron chi connectivity index (χ2n) is 3.66. The van der Waals surface area contributed by atoms with Gasteiger partial charge in [0, 0.05) is 18.6 Å². The van der Waals surface area contributed by atoms with Crippen LogP contribution >= 0.6 is 11.3 Å². The molecule has 18 heavy (non-hydrogen) atoms. The standard InChI is InChI=1S/C11H11FN2O2S2/c1-14(11-13-6-7-17-11)18(15,16)8-9-2-4-10(12)5-3-9/h2-7H,8H2,1H3. The van der Waals surface area contributed by atoms with Crippen molar-refractivity contribution in [3.05, 3.63) is 47.2 Å². The maximum Gasteiger partial charge on any atom is 0.240 e. The molecule has 0 fully saturated rings. The van der Waals surface area contributed by atoms with Gasteiger partial charge in [-0.3, -0.25) is 0 Å². The fourth-order valence-electron chi connectivity index (χ4n) is 1.38. The molecule has 96 valence electrons. The highest BCUT2D eigenvalue weighted by molar-refractivity contribution is 7.92. The predicted molar refractivity (Wildman–Crippen MR) is 69.5 cm³/mol. The molecule has 0 unspecified atom stereocenters. The van der Waals surface area contributed by atoms with E-state index in [1.54, 1.807) is 11.6 Å². The number of aromatic nitrogens is 1. The van der Waals surface area contributed by atoms with E-state index in [0.717, 1.165) is 4.31 Å². The third kappa shape index (κ3) is 2.85. The van der Waals surface area contributed by atoms with Crippen molar-refractivity contribution in [2.75, 3.05) is 11.4 Å². The van der Waals surface area contributed by atoms with Gasteiger partial charge in [0.2, 0.25) is 10.0 Å². The molecule has 0 atom stereocenters. The maximum atomic E-state index is 12.7. The Morgan fingerprint density at radius 2 is 2.00 bits per heavy atom. The van der Waals surface area contributed by atoms with Crippen molar-refractivity contribution >= 4 is 26.5 Å². The molecular formula is C11H11FN2O2S2. The first kappa shape index (κ1) is 13.0. The molecule has 0 radical (unpaired) electrons. The minimum absolute atomic E-state index is 0.177. The van der Waals surface area contributed by atoms with Crippen LogP contribution < -0.4 is 4.31 Å². The normalized spacial score (nSPS) is 11.4. The first-order chi connectivity index (χ1) is 8.49. The molecule has 0 spiro atoms. The van der Waals surface area contributed by atoms with Gasteiger partial charge < -0.3 is 0 Å². The highest BCUT2D eigenvalue weighted by atomic mass is 32.2. The van der Waals surface area contributed by atoms with Crippen molar-refractivity contribution in [3.63, 3.8) is 0 Å². The highest BCUT2D eigenvalue weighted by Crippen LogP contribution is 2.21. The summed E-state index contributed by atoms with van der Waals surface area (Å²) < 4.78 is 38.0. The van der Waals surface area contributed by atoms with E-state index in [1.807, 2.05) is 0 Å². The summed E-state index contributed by atoms with van der Waals surface area (Å²) in [5.74, 6) is -0.562. The Hall–Kier alpha value is -1.47. The number of thiazole rings is 1. The van der Waals surface area contributed by atoms with Gasteiger partial charge in [-0.2, -0.15) is 0 Å². The molecule has 0 saturated heterocycles. The van der Waals surface area contributed by atoms with Crippen LogP contribution in [-0.4, -0.2) is 20.4 Å². The molecule has 1 heterocycles. The molecule has 0 N–H and O–H groups in total. The summed E-state index contributed by atoms with van der Waals surface area (Å²) >= 11 is 1.25. The van der Waals surface area contributed by atoms with E-state index < -0.39 is 10.0 Å². The third-order valence-electron chi connectivity index (χ3n) is 2.37. The molecule has 1 aromatic heterocycles. The molecule has 2 rings (SSSR count). The lowest BCUT2D eigenvalue weighted by atomic mass is 10.2. The number of halogens is 1. The number of hydrogen-bond donors (Lipinski definition) is 0. The molecule has 0 aliphatic carbocycles. The Labute approximate surface area is 109 Å². The number of sulfonamides is 1. The van der Waals surface area contributed by atoms with Crippen LogP contribution in [0.4, 0.5) is 9.52 Å². The molecular weight excluding hydrogens is 275 g/mol. The minimum atomic E-state index is -3.49. The summed E-state index contributed by atoms with van der Waals surface area (Å²) in [6.07, 6.45) is 1.55. The zero-order valence-corrected chi connectivity index (χ0v) is 11.2. The largest absolute Gasteiger partial charge is 0.248 e. The Kier molecular flexibility index (Phi) is 3.63. The predicted octanol–water partition coefficient (Wildman–Crippen LogP) is 2.25. The first-order valence-electron chi connectivity index (χ1n) is 5.09. The fourth-order valence-corrected chi connectivity index (χ4v) is 3.45. The summed E-state index contributed by atoms with van der Waals surface area (Å²) in [5, 5.41) is 2.12. The van der Waals surface area contributed by atoms with Gasteiger partial charge in [0.1, 0.15) is 5.82 Å². The highest BCUT2D eigenvalue weighted by Gasteiger charge is 2.20. The van der Waals surface area contributed by atoms with Crippen LogP contribution in [0.3, 0.4) is 0 Å². The molecule has 0 saturated carbocycles. The van der Waals surface area contributed by atoms with Gasteiger partial charge in [0.05, 0.1) is 5.75 Å². The number of benzene rings is 1. The summed E-state index contributed by atoms with van der Waals surface area (Å²) in [6, 6.07) is 5.41. The molecule has 0 aliphatic rings. The van der Waals surface area contributed by atoms with Crippen LogP contribution in [-0.2, 0) is 15.8 Å². The van der Waals surface area contributed by atoms with Crippen LogP contribution in [0, 0.1) is 5.82 Å². The van der Waals surface area contributed by atoms with Crippen LogP contribution in [0.15, 0.2) is 35.8 Å². The van der Waals surface area contributed by atoms with E-state index in [2.05, 4.69) is 4.98 Å². The van der Waals surface area contributed by atoms with Crippen LogP contribution in [0.1, 0.15) is 5.56 Å². The monoisotopic (exact) mass is 286 g/mol. The number of hydrogen-bond acceptors (Lipinski definition) is 4. The Morgan fingerprint density at radius 3 is 2.56 bits per heavy atom. The summed E-state index contributed by atoms with van der Waals surface area (Å²) in [5.41, 5.74) is 0.541. The van der Waals surface area contributed by atoms with Crippen molar-refractivity contribution < 1.29 is 12.8 Å². The second-order valence-corrected chi connectivity index (χ2v) is 6.54. The van der Waals surface area contributed by atoms with E-state index in [9.17, 15) is 12.8 Å². The average molecular weight is 286 g/mol. The SMILES string of the molecule is CN(c1nccs1)S(=O)(=O)Cc1ccc(F)cc1. The molecule has 7 heteroatoms. The number of nitrogens with zero attached hydrogens (tertiary/aromatic N) is 2. The van der Waals surface area contributed by atoms with E-state index >= 15 is 0 Å². The lowest BCUT2D eigenvalue weighted by molar-refractivity contribution is 0.593. The summed E-state index contributed by atoms with van der Waals surface area (Å²) in [6.45, 7) is 0. The summed E-state index contributed by atoms with van der Waals surface area (Å²) in [7, 11) is -2.03. The Morgan fingerprint density at radius 1 is 1.33 bits per heavy atom. The van der Waals surface area contributed by atoms with E-state index in [4.69, 9.17) is 0 Å². The van der Waals surface area contributed by atoms with Gasteiger partial charge in [0.15, 0.2) is 5.13 Å². The fraction of sp³-hybridized carbons (Fsp3) is 0.182. The zero-order chi connectivity index (χ0) is 13.2. The molecule has 0 amide bonds. The van der Waals surface area contributed by atoms with Crippen LogP contribution in [0.2, 0.25) is 0 Å². The van der Waals surface area contributed by atoms with Gasteiger partial charge in [0.25, 0.3) is 0 Å². The zero-order valence-electron chi connectivity index (χ0n) is 9.58. The number of anilines is 1. The van der Waals surface area contributed by atoms with Crippen molar-refractivity contribution in [2.45, 2.75) is 5.75 Å². The first-order valence-corrected chi connectivity index (χ1v) is 7.58. The van der Waals surface area contributed by atoms with Crippen molar-refractivity contribution in [1.29, 1.82) is 0 Å². The topological polar surface area (TPSA) is 50.3 Å². The summed E-state index contributed by atoms with van der Waals surface area (Å²) in [4.78, 5) is 3.94. The van der Waals surface area contributed by atoms with E-state index in [1.165, 1.54) is 42.6 Å². The number of rotatable bonds is 4. The van der Waals surface area contributed by atoms with E-state index in [0.29, 0.717) is 10.7 Å². The van der Waals surface area contributed by atoms with Gasteiger partial charge in [-0.25, -0.2) is 22.1 Å². The smallest absolute Gasteiger partial charge is 0.240 e. The average Bonchev–Trinajstić information content (AvgIpc) is 2.84. The van der Waals surface area contributed by atoms with Gasteiger partial charge in [-0.15, -0.1) is 11.3 Å².